The Kier molecular flexibility index (Phi) is 2.40. The van der Waals surface area contributed by atoms with E-state index in [1.807, 2.05) is 18.2 Å². The first-order chi connectivity index (χ1) is 6.42. The van der Waals surface area contributed by atoms with E-state index in [2.05, 4.69) is 21.0 Å². The first kappa shape index (κ1) is 8.44. The molecule has 2 rings (SSSR count). The van der Waals surface area contributed by atoms with Crippen molar-refractivity contribution in [2.24, 2.45) is 0 Å². The lowest BCUT2D eigenvalue weighted by molar-refractivity contribution is 0.981. The van der Waals surface area contributed by atoms with Gasteiger partial charge in [-0.1, -0.05) is 13.0 Å². The van der Waals surface area contributed by atoms with Crippen LogP contribution in [0.25, 0.3) is 11.0 Å². The Morgan fingerprint density at radius 3 is 3.15 bits per heavy atom. The van der Waals surface area contributed by atoms with Crippen LogP contribution >= 0.6 is 11.7 Å². The van der Waals surface area contributed by atoms with Gasteiger partial charge in [0.15, 0.2) is 0 Å². The van der Waals surface area contributed by atoms with Gasteiger partial charge in [0.1, 0.15) is 11.0 Å². The molecule has 0 unspecified atom stereocenters. The normalized spacial score (nSPS) is 10.5. The van der Waals surface area contributed by atoms with Crippen molar-refractivity contribution in [3.63, 3.8) is 0 Å². The number of nitrogens with one attached hydrogen (secondary N) is 1. The lowest BCUT2D eigenvalue weighted by atomic mass is 10.2. The molecule has 1 heterocycles. The van der Waals surface area contributed by atoms with Gasteiger partial charge in [0.2, 0.25) is 0 Å². The minimum absolute atomic E-state index is 0.978. The molecule has 2 aromatic rings. The number of fused-ring (bicyclic) bond motifs is 1. The molecule has 0 spiro atoms. The van der Waals surface area contributed by atoms with Crippen molar-refractivity contribution in [1.29, 1.82) is 0 Å². The van der Waals surface area contributed by atoms with Gasteiger partial charge in [-0.05, 0) is 18.6 Å². The summed E-state index contributed by atoms with van der Waals surface area (Å²) >= 11 is 1.26. The Hall–Kier alpha value is -1.16. The molecule has 1 aromatic heterocycles. The highest BCUT2D eigenvalue weighted by molar-refractivity contribution is 7.00. The Bertz CT molecular complexity index is 396. The van der Waals surface area contributed by atoms with Crippen molar-refractivity contribution in [3.05, 3.63) is 18.2 Å². The predicted molar refractivity (Wildman–Crippen MR) is 56.2 cm³/mol. The summed E-state index contributed by atoms with van der Waals surface area (Å²) in [6.07, 6.45) is 1.12. The zero-order chi connectivity index (χ0) is 9.10. The van der Waals surface area contributed by atoms with Crippen molar-refractivity contribution in [1.82, 2.24) is 8.75 Å². The summed E-state index contributed by atoms with van der Waals surface area (Å²) in [6.45, 7) is 3.13. The number of anilines is 1. The summed E-state index contributed by atoms with van der Waals surface area (Å²) in [7, 11) is 0. The maximum absolute atomic E-state index is 4.24. The molecule has 0 amide bonds. The zero-order valence-corrected chi connectivity index (χ0v) is 8.27. The molecule has 0 aliphatic heterocycles. The lowest BCUT2D eigenvalue weighted by Crippen LogP contribution is -1.99. The van der Waals surface area contributed by atoms with Gasteiger partial charge in [-0.25, -0.2) is 0 Å². The fraction of sp³-hybridized carbons (Fsp3) is 0.333. The fourth-order valence-corrected chi connectivity index (χ4v) is 1.76. The van der Waals surface area contributed by atoms with Gasteiger partial charge in [-0.2, -0.15) is 8.75 Å². The first-order valence-electron chi connectivity index (χ1n) is 4.37. The summed E-state index contributed by atoms with van der Waals surface area (Å²) in [5, 5.41) is 3.33. The van der Waals surface area contributed by atoms with Crippen LogP contribution in [0.2, 0.25) is 0 Å². The largest absolute Gasteiger partial charge is 0.383 e. The van der Waals surface area contributed by atoms with Crippen LogP contribution in [0.15, 0.2) is 18.2 Å². The van der Waals surface area contributed by atoms with Crippen LogP contribution in [0.3, 0.4) is 0 Å². The van der Waals surface area contributed by atoms with Crippen LogP contribution in [0.1, 0.15) is 13.3 Å². The molecule has 0 bridgehead atoms. The summed E-state index contributed by atoms with van der Waals surface area (Å²) in [5.74, 6) is 0. The van der Waals surface area contributed by atoms with Crippen LogP contribution in [0.5, 0.6) is 0 Å². The van der Waals surface area contributed by atoms with Crippen molar-refractivity contribution >= 4 is 28.4 Å². The van der Waals surface area contributed by atoms with Gasteiger partial charge in [-0.15, -0.1) is 0 Å². The molecule has 0 saturated heterocycles. The van der Waals surface area contributed by atoms with Crippen molar-refractivity contribution in [2.45, 2.75) is 13.3 Å². The quantitative estimate of drug-likeness (QED) is 0.814. The van der Waals surface area contributed by atoms with E-state index in [-0.39, 0.29) is 0 Å². The second-order valence-corrected chi connectivity index (χ2v) is 3.39. The molecule has 0 radical (unpaired) electrons. The Morgan fingerprint density at radius 1 is 1.38 bits per heavy atom. The molecular formula is C9H11N3S. The van der Waals surface area contributed by atoms with Gasteiger partial charge < -0.3 is 5.32 Å². The monoisotopic (exact) mass is 193 g/mol. The van der Waals surface area contributed by atoms with Crippen molar-refractivity contribution < 1.29 is 0 Å². The summed E-state index contributed by atoms with van der Waals surface area (Å²) in [4.78, 5) is 0. The number of aromatic nitrogens is 2. The molecule has 1 N–H and O–H groups in total. The number of nitrogens with zero attached hydrogens (tertiary/aromatic N) is 2. The highest BCUT2D eigenvalue weighted by Crippen LogP contribution is 2.20. The molecule has 4 heteroatoms. The Balaban J connectivity index is 2.37. The molecule has 0 aliphatic carbocycles. The van der Waals surface area contributed by atoms with Crippen molar-refractivity contribution in [2.75, 3.05) is 11.9 Å². The lowest BCUT2D eigenvalue weighted by Gasteiger charge is -2.03. The molecule has 0 fully saturated rings. The summed E-state index contributed by atoms with van der Waals surface area (Å²) < 4.78 is 8.42. The third-order valence-electron chi connectivity index (χ3n) is 1.85. The van der Waals surface area contributed by atoms with Gasteiger partial charge in [-0.3, -0.25) is 0 Å². The number of hydrogen-bond acceptors (Lipinski definition) is 4. The van der Waals surface area contributed by atoms with E-state index in [9.17, 15) is 0 Å². The second-order valence-electron chi connectivity index (χ2n) is 2.86. The van der Waals surface area contributed by atoms with Gasteiger partial charge >= 0.3 is 0 Å². The standard InChI is InChI=1S/C9H11N3S/c1-2-6-10-7-4-3-5-8-9(7)12-13-11-8/h3-5,10H,2,6H2,1H3. The van der Waals surface area contributed by atoms with Gasteiger partial charge in [0, 0.05) is 6.54 Å². The van der Waals surface area contributed by atoms with E-state index in [1.54, 1.807) is 0 Å². The van der Waals surface area contributed by atoms with E-state index >= 15 is 0 Å². The topological polar surface area (TPSA) is 37.8 Å². The molecule has 1 aromatic carbocycles. The maximum Gasteiger partial charge on any atom is 0.127 e. The third kappa shape index (κ3) is 1.62. The van der Waals surface area contributed by atoms with Crippen LogP contribution in [0, 0.1) is 0 Å². The molecule has 3 nitrogen and oxygen atoms in total. The van der Waals surface area contributed by atoms with Crippen LogP contribution in [-0.4, -0.2) is 15.3 Å². The second kappa shape index (κ2) is 3.70. The third-order valence-corrected chi connectivity index (χ3v) is 2.39. The van der Waals surface area contributed by atoms with E-state index in [4.69, 9.17) is 0 Å². The van der Waals surface area contributed by atoms with Gasteiger partial charge in [0.05, 0.1) is 17.4 Å². The van der Waals surface area contributed by atoms with Crippen LogP contribution in [-0.2, 0) is 0 Å². The molecule has 0 aliphatic rings. The number of hydrogen-bond donors (Lipinski definition) is 1. The minimum Gasteiger partial charge on any atom is -0.383 e. The minimum atomic E-state index is 0.978. The smallest absolute Gasteiger partial charge is 0.127 e. The first-order valence-corrected chi connectivity index (χ1v) is 5.10. The summed E-state index contributed by atoms with van der Waals surface area (Å²) in [5.41, 5.74) is 3.06. The average molecular weight is 193 g/mol. The SMILES string of the molecule is CCCNc1cccc2nsnc12. The molecule has 13 heavy (non-hydrogen) atoms. The Morgan fingerprint density at radius 2 is 2.31 bits per heavy atom. The van der Waals surface area contributed by atoms with E-state index in [0.717, 1.165) is 29.7 Å². The van der Waals surface area contributed by atoms with E-state index in [1.165, 1.54) is 11.7 Å². The molecular weight excluding hydrogens is 182 g/mol. The fourth-order valence-electron chi connectivity index (χ4n) is 1.21. The number of rotatable bonds is 3. The number of benzene rings is 1. The molecule has 0 atom stereocenters. The van der Waals surface area contributed by atoms with Crippen LogP contribution in [0.4, 0.5) is 5.69 Å². The summed E-state index contributed by atoms with van der Waals surface area (Å²) in [6, 6.07) is 6.02. The highest BCUT2D eigenvalue weighted by Gasteiger charge is 2.02. The Labute approximate surface area is 81.1 Å². The maximum atomic E-state index is 4.24. The molecule has 0 saturated carbocycles. The highest BCUT2D eigenvalue weighted by atomic mass is 32.1. The molecule has 68 valence electrons. The van der Waals surface area contributed by atoms with Crippen LogP contribution < -0.4 is 5.32 Å². The van der Waals surface area contributed by atoms with E-state index in [0.29, 0.717) is 0 Å². The zero-order valence-electron chi connectivity index (χ0n) is 7.45. The predicted octanol–water partition coefficient (Wildman–Crippen LogP) is 2.51. The van der Waals surface area contributed by atoms with Gasteiger partial charge in [0.25, 0.3) is 0 Å². The van der Waals surface area contributed by atoms with Crippen molar-refractivity contribution in [3.8, 4) is 0 Å². The average Bonchev–Trinajstić information content (AvgIpc) is 2.62. The van der Waals surface area contributed by atoms with E-state index < -0.39 is 0 Å².